The Kier molecular flexibility index (Phi) is 6.25. The molecule has 1 saturated heterocycles. The van der Waals surface area contributed by atoms with Crippen molar-refractivity contribution in [1.29, 1.82) is 0 Å². The van der Waals surface area contributed by atoms with Crippen molar-refractivity contribution in [2.75, 3.05) is 19.6 Å². The highest BCUT2D eigenvalue weighted by molar-refractivity contribution is 5.85. The molecule has 1 aliphatic rings. The van der Waals surface area contributed by atoms with Crippen LogP contribution in [0.15, 0.2) is 48.8 Å². The van der Waals surface area contributed by atoms with Gasteiger partial charge in [0.05, 0.1) is 0 Å². The minimum Gasteiger partial charge on any atom is -0.353 e. The van der Waals surface area contributed by atoms with Gasteiger partial charge in [0.25, 0.3) is 0 Å². The topological polar surface area (TPSA) is 59.0 Å². The number of carbonyl (C=O) groups is 1. The van der Waals surface area contributed by atoms with Gasteiger partial charge >= 0.3 is 0 Å². The second-order valence-electron chi connectivity index (χ2n) is 7.16. The summed E-state index contributed by atoms with van der Waals surface area (Å²) in [5, 5.41) is 10.9. The molecule has 2 heterocycles. The van der Waals surface area contributed by atoms with Crippen LogP contribution in [-0.2, 0) is 15.7 Å². The van der Waals surface area contributed by atoms with Crippen LogP contribution in [0.3, 0.4) is 0 Å². The first-order valence-corrected chi connectivity index (χ1v) is 8.59. The largest absolute Gasteiger partial charge is 0.353 e. The molecule has 25 heavy (non-hydrogen) atoms. The summed E-state index contributed by atoms with van der Waals surface area (Å²) in [5.41, 5.74) is 0.528. The van der Waals surface area contributed by atoms with Crippen LogP contribution in [0.2, 0.25) is 0 Å². The number of halogens is 1. The maximum atomic E-state index is 13.1. The summed E-state index contributed by atoms with van der Waals surface area (Å²) in [6.07, 6.45) is 5.15. The molecular formula is C19H27ClN4O. The number of carbonyl (C=O) groups excluding carboxylic acids is 1. The lowest BCUT2D eigenvalue weighted by atomic mass is 9.83. The lowest BCUT2D eigenvalue weighted by molar-refractivity contribution is -0.132. The molecule has 1 fully saturated rings. The van der Waals surface area contributed by atoms with Crippen molar-refractivity contribution in [1.82, 2.24) is 20.4 Å². The SMILES string of the molecule is CC(C)(CNC(=O)C1(n2cccn2)CCNCC1)c1ccccc1.Cl. The number of amides is 1. The summed E-state index contributed by atoms with van der Waals surface area (Å²) in [4.78, 5) is 13.1. The maximum Gasteiger partial charge on any atom is 0.248 e. The third-order valence-electron chi connectivity index (χ3n) is 5.04. The van der Waals surface area contributed by atoms with Gasteiger partial charge in [-0.25, -0.2) is 0 Å². The van der Waals surface area contributed by atoms with Crippen LogP contribution in [0.1, 0.15) is 32.3 Å². The van der Waals surface area contributed by atoms with E-state index in [0.717, 1.165) is 25.9 Å². The number of nitrogens with zero attached hydrogens (tertiary/aromatic N) is 2. The van der Waals surface area contributed by atoms with E-state index < -0.39 is 5.54 Å². The molecule has 0 atom stereocenters. The fraction of sp³-hybridized carbons (Fsp3) is 0.474. The molecule has 6 heteroatoms. The van der Waals surface area contributed by atoms with Crippen LogP contribution < -0.4 is 10.6 Å². The minimum atomic E-state index is -0.582. The van der Waals surface area contributed by atoms with E-state index in [2.05, 4.69) is 41.7 Å². The zero-order valence-corrected chi connectivity index (χ0v) is 15.7. The molecule has 1 aromatic heterocycles. The first-order chi connectivity index (χ1) is 11.5. The third kappa shape index (κ3) is 4.05. The molecule has 0 saturated carbocycles. The van der Waals surface area contributed by atoms with Crippen molar-refractivity contribution in [2.24, 2.45) is 0 Å². The highest BCUT2D eigenvalue weighted by Crippen LogP contribution is 2.28. The lowest BCUT2D eigenvalue weighted by Crippen LogP contribution is -2.56. The van der Waals surface area contributed by atoms with Gasteiger partial charge in [0.1, 0.15) is 5.54 Å². The van der Waals surface area contributed by atoms with E-state index in [1.165, 1.54) is 5.56 Å². The Balaban J connectivity index is 0.00000225. The Morgan fingerprint density at radius 2 is 1.92 bits per heavy atom. The van der Waals surface area contributed by atoms with E-state index in [4.69, 9.17) is 0 Å². The maximum absolute atomic E-state index is 13.1. The van der Waals surface area contributed by atoms with Gasteiger partial charge in [0.15, 0.2) is 0 Å². The van der Waals surface area contributed by atoms with E-state index in [-0.39, 0.29) is 23.7 Å². The van der Waals surface area contributed by atoms with Gasteiger partial charge in [0.2, 0.25) is 5.91 Å². The summed E-state index contributed by atoms with van der Waals surface area (Å²) in [7, 11) is 0. The van der Waals surface area contributed by atoms with E-state index in [9.17, 15) is 4.79 Å². The minimum absolute atomic E-state index is 0. The van der Waals surface area contributed by atoms with Crippen LogP contribution in [0, 0.1) is 0 Å². The van der Waals surface area contributed by atoms with Crippen molar-refractivity contribution in [3.63, 3.8) is 0 Å². The van der Waals surface area contributed by atoms with Crippen LogP contribution in [-0.4, -0.2) is 35.3 Å². The molecule has 1 aromatic carbocycles. The third-order valence-corrected chi connectivity index (χ3v) is 5.04. The molecule has 136 valence electrons. The predicted molar refractivity (Wildman–Crippen MR) is 102 cm³/mol. The number of hydrogen-bond donors (Lipinski definition) is 2. The molecule has 0 aliphatic carbocycles. The lowest BCUT2D eigenvalue weighted by Gasteiger charge is -2.37. The number of aromatic nitrogens is 2. The molecule has 0 spiro atoms. The van der Waals surface area contributed by atoms with Crippen LogP contribution in [0.4, 0.5) is 0 Å². The zero-order valence-electron chi connectivity index (χ0n) is 14.9. The monoisotopic (exact) mass is 362 g/mol. The zero-order chi connectivity index (χ0) is 17.0. The molecule has 2 aromatic rings. The molecule has 3 rings (SSSR count). The highest BCUT2D eigenvalue weighted by atomic mass is 35.5. The summed E-state index contributed by atoms with van der Waals surface area (Å²) < 4.78 is 1.83. The van der Waals surface area contributed by atoms with Crippen molar-refractivity contribution in [3.8, 4) is 0 Å². The Labute approximate surface area is 155 Å². The summed E-state index contributed by atoms with van der Waals surface area (Å²) in [5.74, 6) is 0.0664. The summed E-state index contributed by atoms with van der Waals surface area (Å²) >= 11 is 0. The number of rotatable bonds is 5. The van der Waals surface area contributed by atoms with Crippen LogP contribution in [0.25, 0.3) is 0 Å². The average molecular weight is 363 g/mol. The molecular weight excluding hydrogens is 336 g/mol. The Morgan fingerprint density at radius 1 is 1.24 bits per heavy atom. The first-order valence-electron chi connectivity index (χ1n) is 8.59. The Bertz CT molecular complexity index is 664. The predicted octanol–water partition coefficient (Wildman–Crippen LogP) is 2.48. The van der Waals surface area contributed by atoms with Crippen LogP contribution >= 0.6 is 12.4 Å². The number of piperidine rings is 1. The second kappa shape index (κ2) is 8.02. The molecule has 0 radical (unpaired) electrons. The molecule has 1 aliphatic heterocycles. The van der Waals surface area contributed by atoms with E-state index in [0.29, 0.717) is 6.54 Å². The van der Waals surface area contributed by atoms with Crippen LogP contribution in [0.5, 0.6) is 0 Å². The van der Waals surface area contributed by atoms with Gasteiger partial charge in [-0.1, -0.05) is 44.2 Å². The Morgan fingerprint density at radius 3 is 2.52 bits per heavy atom. The van der Waals surface area contributed by atoms with Gasteiger partial charge < -0.3 is 10.6 Å². The standard InChI is InChI=1S/C19H26N4O.ClH/c1-18(2,16-7-4-3-5-8-16)15-21-17(24)19(9-12-20-13-10-19)23-14-6-11-22-23;/h3-8,11,14,20H,9-10,12-13,15H2,1-2H3,(H,21,24);1H. The average Bonchev–Trinajstić information content (AvgIpc) is 3.16. The van der Waals surface area contributed by atoms with Gasteiger partial charge in [-0.3, -0.25) is 9.48 Å². The molecule has 0 bridgehead atoms. The number of hydrogen-bond acceptors (Lipinski definition) is 3. The number of nitrogens with one attached hydrogen (secondary N) is 2. The van der Waals surface area contributed by atoms with E-state index >= 15 is 0 Å². The number of benzene rings is 1. The fourth-order valence-corrected chi connectivity index (χ4v) is 3.38. The van der Waals surface area contributed by atoms with E-state index in [1.54, 1.807) is 6.20 Å². The molecule has 2 N–H and O–H groups in total. The molecule has 0 unspecified atom stereocenters. The summed E-state index contributed by atoms with van der Waals surface area (Å²) in [6, 6.07) is 12.2. The van der Waals surface area contributed by atoms with Crippen molar-refractivity contribution >= 4 is 18.3 Å². The smallest absolute Gasteiger partial charge is 0.248 e. The van der Waals surface area contributed by atoms with E-state index in [1.807, 2.05) is 35.1 Å². The Hall–Kier alpha value is -1.85. The van der Waals surface area contributed by atoms with Crippen molar-refractivity contribution < 1.29 is 4.79 Å². The van der Waals surface area contributed by atoms with Gasteiger partial charge in [-0.2, -0.15) is 5.10 Å². The van der Waals surface area contributed by atoms with Gasteiger partial charge in [0, 0.05) is 24.4 Å². The van der Waals surface area contributed by atoms with Crippen molar-refractivity contribution in [3.05, 3.63) is 54.4 Å². The summed E-state index contributed by atoms with van der Waals surface area (Å²) in [6.45, 7) is 6.58. The second-order valence-corrected chi connectivity index (χ2v) is 7.16. The highest BCUT2D eigenvalue weighted by Gasteiger charge is 2.42. The molecule has 5 nitrogen and oxygen atoms in total. The van der Waals surface area contributed by atoms with Gasteiger partial charge in [-0.05, 0) is 37.6 Å². The first kappa shape index (κ1) is 19.5. The normalized spacial score (nSPS) is 16.7. The molecule has 1 amide bonds. The van der Waals surface area contributed by atoms with Gasteiger partial charge in [-0.15, -0.1) is 12.4 Å². The fourth-order valence-electron chi connectivity index (χ4n) is 3.38. The quantitative estimate of drug-likeness (QED) is 0.859. The van der Waals surface area contributed by atoms with Crippen molar-refractivity contribution in [2.45, 2.75) is 37.6 Å².